The van der Waals surface area contributed by atoms with Crippen LogP contribution in [0, 0.1) is 11.8 Å². The molecule has 0 saturated heterocycles. The van der Waals surface area contributed by atoms with E-state index in [4.69, 9.17) is 4.98 Å². The third kappa shape index (κ3) is 7.11. The van der Waals surface area contributed by atoms with Gasteiger partial charge in [0.05, 0.1) is 5.69 Å². The molecule has 0 bridgehead atoms. The fourth-order valence-electron chi connectivity index (χ4n) is 3.07. The molecule has 28 heavy (non-hydrogen) atoms. The van der Waals surface area contributed by atoms with Gasteiger partial charge in [0.15, 0.2) is 0 Å². The predicted octanol–water partition coefficient (Wildman–Crippen LogP) is 8.63. The fraction of sp³-hybridized carbons (Fsp3) is 0.444. The van der Waals surface area contributed by atoms with E-state index in [0.717, 1.165) is 24.5 Å². The number of nitrogens with zero attached hydrogens (tertiary/aromatic N) is 1. The SMILES string of the molecule is CC.CC=CCC1CC(C)=CC=C1c1nccc2ccccc12.CCC(C)C. The lowest BCUT2D eigenvalue weighted by Crippen LogP contribution is -2.08. The molecule has 1 aromatic carbocycles. The molecule has 1 atom stereocenters. The van der Waals surface area contributed by atoms with Crippen LogP contribution in [0.25, 0.3) is 16.3 Å². The molecule has 0 radical (unpaired) electrons. The van der Waals surface area contributed by atoms with Crippen LogP contribution in [-0.4, -0.2) is 4.98 Å². The van der Waals surface area contributed by atoms with Crippen LogP contribution >= 0.6 is 0 Å². The van der Waals surface area contributed by atoms with E-state index in [1.165, 1.54) is 28.3 Å². The van der Waals surface area contributed by atoms with Crippen molar-refractivity contribution >= 4 is 16.3 Å². The number of fused-ring (bicyclic) bond motifs is 1. The molecule has 1 unspecified atom stereocenters. The summed E-state index contributed by atoms with van der Waals surface area (Å²) in [4.78, 5) is 4.69. The highest BCUT2D eigenvalue weighted by Crippen LogP contribution is 2.36. The Balaban J connectivity index is 0.000000490. The quantitative estimate of drug-likeness (QED) is 0.486. The monoisotopic (exact) mass is 377 g/mol. The lowest BCUT2D eigenvalue weighted by Gasteiger charge is -2.23. The minimum atomic E-state index is 0.532. The van der Waals surface area contributed by atoms with Gasteiger partial charge in [0.25, 0.3) is 0 Å². The molecule has 0 spiro atoms. The highest BCUT2D eigenvalue weighted by atomic mass is 14.7. The van der Waals surface area contributed by atoms with E-state index in [1.54, 1.807) is 0 Å². The van der Waals surface area contributed by atoms with Crippen LogP contribution in [0.4, 0.5) is 0 Å². The minimum absolute atomic E-state index is 0.532. The van der Waals surface area contributed by atoms with Gasteiger partial charge in [-0.1, -0.05) is 95.2 Å². The van der Waals surface area contributed by atoms with Gasteiger partial charge in [-0.25, -0.2) is 0 Å². The molecule has 1 heterocycles. The van der Waals surface area contributed by atoms with Gasteiger partial charge in [0.2, 0.25) is 0 Å². The van der Waals surface area contributed by atoms with Gasteiger partial charge >= 0.3 is 0 Å². The summed E-state index contributed by atoms with van der Waals surface area (Å²) in [7, 11) is 0. The number of pyridine rings is 1. The van der Waals surface area contributed by atoms with E-state index >= 15 is 0 Å². The molecular weight excluding hydrogens is 338 g/mol. The summed E-state index contributed by atoms with van der Waals surface area (Å²) < 4.78 is 0. The molecule has 0 saturated carbocycles. The number of hydrogen-bond donors (Lipinski definition) is 0. The summed E-state index contributed by atoms with van der Waals surface area (Å²) in [5, 5.41) is 2.52. The van der Waals surface area contributed by atoms with Crippen molar-refractivity contribution in [2.75, 3.05) is 0 Å². The first kappa shape index (κ1) is 23.9. The van der Waals surface area contributed by atoms with E-state index < -0.39 is 0 Å². The second-order valence-electron chi connectivity index (χ2n) is 7.52. The van der Waals surface area contributed by atoms with E-state index in [2.05, 4.69) is 89.3 Å². The average Bonchev–Trinajstić information content (AvgIpc) is 2.74. The van der Waals surface area contributed by atoms with Crippen molar-refractivity contribution in [3.63, 3.8) is 0 Å². The summed E-state index contributed by atoms with van der Waals surface area (Å²) in [6.45, 7) is 14.9. The summed E-state index contributed by atoms with van der Waals surface area (Å²) in [5.41, 5.74) is 3.97. The molecule has 3 rings (SSSR count). The van der Waals surface area contributed by atoms with Gasteiger partial charge in [0.1, 0.15) is 0 Å². The number of rotatable bonds is 4. The van der Waals surface area contributed by atoms with E-state index in [0.29, 0.717) is 5.92 Å². The largest absolute Gasteiger partial charge is 0.256 e. The van der Waals surface area contributed by atoms with Crippen LogP contribution in [0.2, 0.25) is 0 Å². The Morgan fingerprint density at radius 2 is 1.79 bits per heavy atom. The first-order chi connectivity index (χ1) is 13.6. The maximum absolute atomic E-state index is 4.69. The highest BCUT2D eigenvalue weighted by Gasteiger charge is 2.20. The zero-order valence-electron chi connectivity index (χ0n) is 19.0. The van der Waals surface area contributed by atoms with Crippen molar-refractivity contribution in [3.05, 3.63) is 72.1 Å². The smallest absolute Gasteiger partial charge is 0.0742 e. The first-order valence-corrected chi connectivity index (χ1v) is 10.9. The number of benzene rings is 1. The van der Waals surface area contributed by atoms with Gasteiger partial charge in [0, 0.05) is 11.6 Å². The average molecular weight is 378 g/mol. The molecular formula is C27H39N. The molecule has 0 amide bonds. The Labute approximate surface area is 173 Å². The number of aromatic nitrogens is 1. The highest BCUT2D eigenvalue weighted by molar-refractivity contribution is 5.92. The standard InChI is InChI=1S/C20H21N.C5H12.C2H6/c1-3-4-7-17-14-15(2)10-11-19(17)20-18-9-6-5-8-16(18)12-13-21-20;1-4-5(2)3;1-2/h3-6,8-13,17H,7,14H2,1-2H3;5H,4H2,1-3H3;1-2H3. The first-order valence-electron chi connectivity index (χ1n) is 10.9. The van der Waals surface area contributed by atoms with E-state index in [1.807, 2.05) is 20.0 Å². The minimum Gasteiger partial charge on any atom is -0.256 e. The van der Waals surface area contributed by atoms with Crippen LogP contribution < -0.4 is 0 Å². The van der Waals surface area contributed by atoms with Gasteiger partial charge in [-0.05, 0) is 55.6 Å². The molecule has 1 heteroatoms. The number of hydrogen-bond acceptors (Lipinski definition) is 1. The van der Waals surface area contributed by atoms with Crippen molar-refractivity contribution in [2.45, 2.75) is 67.7 Å². The van der Waals surface area contributed by atoms with Gasteiger partial charge in [-0.2, -0.15) is 0 Å². The summed E-state index contributed by atoms with van der Waals surface area (Å²) in [6.07, 6.45) is 14.4. The topological polar surface area (TPSA) is 12.9 Å². The fourth-order valence-corrected chi connectivity index (χ4v) is 3.07. The molecule has 152 valence electrons. The predicted molar refractivity (Wildman–Crippen MR) is 127 cm³/mol. The van der Waals surface area contributed by atoms with Crippen molar-refractivity contribution in [1.29, 1.82) is 0 Å². The molecule has 1 aliphatic carbocycles. The number of allylic oxidation sites excluding steroid dienone is 6. The molecule has 0 N–H and O–H groups in total. The van der Waals surface area contributed by atoms with E-state index in [-0.39, 0.29) is 0 Å². The van der Waals surface area contributed by atoms with Crippen LogP contribution in [-0.2, 0) is 0 Å². The van der Waals surface area contributed by atoms with Crippen LogP contribution in [0.3, 0.4) is 0 Å². The molecule has 0 fully saturated rings. The lowest BCUT2D eigenvalue weighted by molar-refractivity contribution is 0.626. The second-order valence-corrected chi connectivity index (χ2v) is 7.52. The van der Waals surface area contributed by atoms with Crippen molar-refractivity contribution in [2.24, 2.45) is 11.8 Å². The van der Waals surface area contributed by atoms with Gasteiger partial charge in [-0.15, -0.1) is 0 Å². The van der Waals surface area contributed by atoms with Gasteiger partial charge < -0.3 is 0 Å². The molecule has 0 aliphatic heterocycles. The van der Waals surface area contributed by atoms with Crippen molar-refractivity contribution in [1.82, 2.24) is 4.98 Å². The Bertz CT molecular complexity index is 788. The normalized spacial score (nSPS) is 16.1. The third-order valence-electron chi connectivity index (χ3n) is 4.98. The summed E-state index contributed by atoms with van der Waals surface area (Å²) >= 11 is 0. The van der Waals surface area contributed by atoms with E-state index in [9.17, 15) is 0 Å². The zero-order chi connectivity index (χ0) is 20.9. The zero-order valence-corrected chi connectivity index (χ0v) is 19.0. The Hall–Kier alpha value is -2.15. The molecule has 1 nitrogen and oxygen atoms in total. The van der Waals surface area contributed by atoms with Crippen molar-refractivity contribution < 1.29 is 0 Å². The third-order valence-corrected chi connectivity index (χ3v) is 4.98. The molecule has 2 aromatic rings. The second kappa shape index (κ2) is 13.1. The van der Waals surface area contributed by atoms with Crippen LogP contribution in [0.5, 0.6) is 0 Å². The van der Waals surface area contributed by atoms with Crippen molar-refractivity contribution in [3.8, 4) is 0 Å². The van der Waals surface area contributed by atoms with Gasteiger partial charge in [-0.3, -0.25) is 4.98 Å². The summed E-state index contributed by atoms with van der Waals surface area (Å²) in [6, 6.07) is 10.6. The van der Waals surface area contributed by atoms with Crippen LogP contribution in [0.15, 0.2) is 66.4 Å². The molecule has 1 aliphatic rings. The lowest BCUT2D eigenvalue weighted by atomic mass is 9.82. The maximum atomic E-state index is 4.69. The summed E-state index contributed by atoms with van der Waals surface area (Å²) in [5.74, 6) is 1.42. The Kier molecular flexibility index (Phi) is 11.2. The molecule has 1 aromatic heterocycles. The Morgan fingerprint density at radius 3 is 2.43 bits per heavy atom. The Morgan fingerprint density at radius 1 is 1.11 bits per heavy atom. The van der Waals surface area contributed by atoms with Crippen LogP contribution in [0.1, 0.15) is 73.4 Å². The maximum Gasteiger partial charge on any atom is 0.0742 e.